The van der Waals surface area contributed by atoms with E-state index >= 15 is 0 Å². The number of nitrogens with one attached hydrogen (secondary N) is 1. The second-order valence-electron chi connectivity index (χ2n) is 9.93. The van der Waals surface area contributed by atoms with Crippen LogP contribution in [0.15, 0.2) is 22.7 Å². The topological polar surface area (TPSA) is 171 Å². The summed E-state index contributed by atoms with van der Waals surface area (Å²) in [7, 11) is 0. The van der Waals surface area contributed by atoms with Crippen molar-refractivity contribution >= 4 is 40.2 Å². The van der Waals surface area contributed by atoms with Crippen molar-refractivity contribution in [3.8, 4) is 11.8 Å². The number of aromatic nitrogens is 2. The Morgan fingerprint density at radius 3 is 2.06 bits per heavy atom. The first kappa shape index (κ1) is 28.4. The number of carbonyl (C=O) groups is 3. The first-order chi connectivity index (χ1) is 16.4. The molecule has 0 aromatic carbocycles. The van der Waals surface area contributed by atoms with Gasteiger partial charge in [0.1, 0.15) is 16.9 Å². The van der Waals surface area contributed by atoms with E-state index in [4.69, 9.17) is 19.1 Å². The maximum atomic E-state index is 12.9. The monoisotopic (exact) mass is 526 g/mol. The van der Waals surface area contributed by atoms with Crippen molar-refractivity contribution in [1.82, 2.24) is 9.71 Å². The number of oxime groups is 1. The van der Waals surface area contributed by atoms with Gasteiger partial charge < -0.3 is 29.4 Å². The molecule has 1 amide bonds. The molecule has 0 fully saturated rings. The van der Waals surface area contributed by atoms with E-state index in [1.807, 2.05) is 0 Å². The number of ether oxygens (including phenoxy) is 2. The molecule has 3 N–H and O–H groups in total. The van der Waals surface area contributed by atoms with Crippen molar-refractivity contribution in [2.45, 2.75) is 72.2 Å². The minimum atomic E-state index is -1.62. The molecule has 0 saturated heterocycles. The van der Waals surface area contributed by atoms with Gasteiger partial charge in [0.2, 0.25) is 23.1 Å². The van der Waals surface area contributed by atoms with E-state index in [9.17, 15) is 24.6 Å². The maximum absolute atomic E-state index is 12.9. The number of hydrogen-bond donors (Lipinski definition) is 3. The fraction of sp³-hybridized carbons (Fsp3) is 0.500. The Kier molecular flexibility index (Phi) is 8.24. The number of thiazole rings is 1. The Morgan fingerprint density at radius 1 is 0.972 bits per heavy atom. The van der Waals surface area contributed by atoms with Gasteiger partial charge >= 0.3 is 18.0 Å². The van der Waals surface area contributed by atoms with E-state index in [-0.39, 0.29) is 10.8 Å². The average molecular weight is 527 g/mol. The van der Waals surface area contributed by atoms with Gasteiger partial charge in [0, 0.05) is 17.5 Å². The van der Waals surface area contributed by atoms with Crippen LogP contribution in [0, 0.1) is 0 Å². The fourth-order valence-corrected chi connectivity index (χ4v) is 2.92. The Bertz CT molecular complexity index is 1130. The van der Waals surface area contributed by atoms with Gasteiger partial charge in [-0.1, -0.05) is 5.16 Å². The number of hydrogen-bond acceptors (Lipinski definition) is 12. The smallest absolute Gasteiger partial charge is 0.413 e. The Hall–Kier alpha value is -3.81. The predicted molar refractivity (Wildman–Crippen MR) is 129 cm³/mol. The third-order valence-corrected chi connectivity index (χ3v) is 4.53. The van der Waals surface area contributed by atoms with Crippen LogP contribution in [0.2, 0.25) is 0 Å². The molecule has 2 rings (SSSR count). The molecule has 0 radical (unpaired) electrons. The van der Waals surface area contributed by atoms with Crippen LogP contribution in [-0.4, -0.2) is 60.5 Å². The highest BCUT2D eigenvalue weighted by Crippen LogP contribution is 2.22. The lowest BCUT2D eigenvalue weighted by Crippen LogP contribution is -2.40. The Morgan fingerprint density at radius 2 is 1.53 bits per heavy atom. The molecule has 2 aromatic rings. The Labute approximate surface area is 211 Å². The predicted octanol–water partition coefficient (Wildman–Crippen LogP) is 3.20. The molecule has 0 spiro atoms. The highest BCUT2D eigenvalue weighted by Gasteiger charge is 2.36. The molecular formula is C22H30N4O9S. The second kappa shape index (κ2) is 10.4. The van der Waals surface area contributed by atoms with Crippen LogP contribution in [-0.2, 0) is 23.9 Å². The molecule has 13 nitrogen and oxygen atoms in total. The van der Waals surface area contributed by atoms with Crippen LogP contribution in [0.5, 0.6) is 11.8 Å². The molecule has 198 valence electrons. The van der Waals surface area contributed by atoms with Crippen molar-refractivity contribution in [1.29, 1.82) is 0 Å². The summed E-state index contributed by atoms with van der Waals surface area (Å²) in [5.41, 5.74) is -3.80. The highest BCUT2D eigenvalue weighted by molar-refractivity contribution is 7.14. The summed E-state index contributed by atoms with van der Waals surface area (Å²) < 4.78 is 10.9. The van der Waals surface area contributed by atoms with E-state index in [2.05, 4.69) is 15.5 Å². The summed E-state index contributed by atoms with van der Waals surface area (Å²) >= 11 is 0.947. The Balaban J connectivity index is 2.35. The molecule has 0 atom stereocenters. The van der Waals surface area contributed by atoms with Crippen molar-refractivity contribution in [2.24, 2.45) is 5.16 Å². The first-order valence-corrected chi connectivity index (χ1v) is 11.5. The van der Waals surface area contributed by atoms with Crippen LogP contribution in [0.1, 0.15) is 61.1 Å². The van der Waals surface area contributed by atoms with Crippen molar-refractivity contribution in [3.63, 3.8) is 0 Å². The zero-order chi connectivity index (χ0) is 27.5. The zero-order valence-corrected chi connectivity index (χ0v) is 22.1. The lowest BCUT2D eigenvalue weighted by Gasteiger charge is -2.26. The molecule has 0 bridgehead atoms. The number of carbonyl (C=O) groups excluding carboxylic acids is 3. The van der Waals surface area contributed by atoms with Crippen LogP contribution in [0.4, 0.5) is 9.93 Å². The third-order valence-electron chi connectivity index (χ3n) is 3.78. The molecule has 0 aliphatic carbocycles. The van der Waals surface area contributed by atoms with Crippen molar-refractivity contribution < 1.29 is 43.7 Å². The van der Waals surface area contributed by atoms with Gasteiger partial charge in [0.15, 0.2) is 5.13 Å². The lowest BCUT2D eigenvalue weighted by molar-refractivity contribution is -0.179. The quantitative estimate of drug-likeness (QED) is 0.276. The lowest BCUT2D eigenvalue weighted by atomic mass is 10.1. The third kappa shape index (κ3) is 8.15. The van der Waals surface area contributed by atoms with E-state index < -0.39 is 52.3 Å². The minimum Gasteiger partial charge on any atom is -0.492 e. The number of rotatable bonds is 7. The molecule has 0 aliphatic rings. The van der Waals surface area contributed by atoms with Crippen LogP contribution >= 0.6 is 11.3 Å². The zero-order valence-electron chi connectivity index (χ0n) is 21.2. The van der Waals surface area contributed by atoms with E-state index in [0.717, 1.165) is 23.5 Å². The maximum Gasteiger partial charge on any atom is 0.413 e. The molecule has 0 unspecified atom stereocenters. The summed E-state index contributed by atoms with van der Waals surface area (Å²) in [6.45, 7) is 12.9. The van der Waals surface area contributed by atoms with Crippen molar-refractivity contribution in [3.05, 3.63) is 23.2 Å². The summed E-state index contributed by atoms with van der Waals surface area (Å²) in [6, 6.07) is 2.18. The molecule has 2 aromatic heterocycles. The SMILES string of the molecule is CC(C)(C)OC(=O)Nc1nc(C(=NOC(C)(C)C(=O)OC(C)(C)C)C(=O)On2c(O)ccc2O)cs1. The number of aromatic hydroxyl groups is 2. The number of anilines is 1. The molecule has 0 aliphatic heterocycles. The van der Waals surface area contributed by atoms with Gasteiger partial charge in [-0.3, -0.25) is 5.32 Å². The van der Waals surface area contributed by atoms with Gasteiger partial charge in [0.25, 0.3) is 0 Å². The van der Waals surface area contributed by atoms with Crippen molar-refractivity contribution in [2.75, 3.05) is 5.32 Å². The van der Waals surface area contributed by atoms with Gasteiger partial charge in [-0.25, -0.2) is 19.4 Å². The molecule has 14 heteroatoms. The second-order valence-corrected chi connectivity index (χ2v) is 10.8. The van der Waals surface area contributed by atoms with Crippen LogP contribution < -0.4 is 10.2 Å². The normalized spacial score (nSPS) is 12.6. The molecular weight excluding hydrogens is 496 g/mol. The largest absolute Gasteiger partial charge is 0.492 e. The molecule has 0 saturated carbocycles. The van der Waals surface area contributed by atoms with E-state index in [1.54, 1.807) is 41.5 Å². The fourth-order valence-electron chi connectivity index (χ4n) is 2.24. The first-order valence-electron chi connectivity index (χ1n) is 10.7. The van der Waals surface area contributed by atoms with Crippen LogP contribution in [0.3, 0.4) is 0 Å². The summed E-state index contributed by atoms with van der Waals surface area (Å²) in [6.07, 6.45) is -0.769. The van der Waals surface area contributed by atoms with Gasteiger partial charge in [-0.05, 0) is 55.4 Å². The summed E-state index contributed by atoms with van der Waals surface area (Å²) in [5.74, 6) is -3.09. The van der Waals surface area contributed by atoms with Crippen LogP contribution in [0.25, 0.3) is 0 Å². The molecule has 36 heavy (non-hydrogen) atoms. The standard InChI is InChI=1S/C22H30N4O9S/c1-20(2,3)32-17(30)22(7,8)35-25-15(16(29)34-26-13(27)9-10-14(26)28)12-11-36-18(23-12)24-19(31)33-21(4,5)6/h9-11,27-28H,1-8H3,(H,23,24,31). The highest BCUT2D eigenvalue weighted by atomic mass is 32.1. The van der Waals surface area contributed by atoms with E-state index in [0.29, 0.717) is 4.73 Å². The van der Waals surface area contributed by atoms with E-state index in [1.165, 1.54) is 19.2 Å². The minimum absolute atomic E-state index is 0.0674. The molecule has 2 heterocycles. The average Bonchev–Trinajstić information content (AvgIpc) is 3.27. The summed E-state index contributed by atoms with van der Waals surface area (Å²) in [5, 5.41) is 27.2. The number of esters is 1. The summed E-state index contributed by atoms with van der Waals surface area (Å²) in [4.78, 5) is 51.9. The number of amides is 1. The van der Waals surface area contributed by atoms with Gasteiger partial charge in [0.05, 0.1) is 0 Å². The van der Waals surface area contributed by atoms with Gasteiger partial charge in [-0.15, -0.1) is 16.1 Å². The number of nitrogens with zero attached hydrogens (tertiary/aromatic N) is 3. The van der Waals surface area contributed by atoms with Gasteiger partial charge in [-0.2, -0.15) is 0 Å².